The summed E-state index contributed by atoms with van der Waals surface area (Å²) in [6.45, 7) is 0.864. The fourth-order valence-electron chi connectivity index (χ4n) is 1.80. The van der Waals surface area contributed by atoms with E-state index in [-0.39, 0.29) is 25.6 Å². The predicted molar refractivity (Wildman–Crippen MR) is 61.8 cm³/mol. The number of carbonyl (C=O) groups excluding carboxylic acids is 1. The third-order valence-corrected chi connectivity index (χ3v) is 2.79. The normalized spacial score (nSPS) is 17.8. The molecular weight excluding hydrogens is 265 g/mol. The van der Waals surface area contributed by atoms with Gasteiger partial charge >= 0.3 is 6.18 Å². The Bertz CT molecular complexity index is 279. The number of alkyl halides is 3. The highest BCUT2D eigenvalue weighted by Gasteiger charge is 2.32. The zero-order valence-electron chi connectivity index (χ0n) is 10.9. The topological polar surface area (TPSA) is 42.0 Å². The lowest BCUT2D eigenvalue weighted by molar-refractivity contribution is -0.153. The molecule has 1 saturated heterocycles. The molecule has 0 atom stereocenters. The number of hydrogen-bond acceptors (Lipinski definition) is 4. The second-order valence-electron chi connectivity index (χ2n) is 4.32. The van der Waals surface area contributed by atoms with Crippen LogP contribution in [0, 0.1) is 0 Å². The number of ether oxygens (including phenoxy) is 2. The zero-order valence-corrected chi connectivity index (χ0v) is 10.9. The minimum Gasteiger partial charge on any atom is -0.382 e. The van der Waals surface area contributed by atoms with E-state index in [2.05, 4.69) is 0 Å². The summed E-state index contributed by atoms with van der Waals surface area (Å²) in [6.07, 6.45) is -4.19. The predicted octanol–water partition coefficient (Wildman–Crippen LogP) is 0.356. The lowest BCUT2D eigenvalue weighted by Crippen LogP contribution is -2.51. The standard InChI is InChI=1S/C11H19F3N2O3/c1-18-6-7-19-8-10(17)16-4-2-15(3-5-16)9-11(12,13)14/h2-9H2,1H3. The molecule has 0 saturated carbocycles. The molecule has 0 aromatic rings. The van der Waals surface area contributed by atoms with Crippen molar-refractivity contribution in [3.63, 3.8) is 0 Å². The molecule has 19 heavy (non-hydrogen) atoms. The maximum absolute atomic E-state index is 12.2. The number of hydrogen-bond donors (Lipinski definition) is 0. The second kappa shape index (κ2) is 7.66. The largest absolute Gasteiger partial charge is 0.401 e. The van der Waals surface area contributed by atoms with Gasteiger partial charge in [-0.1, -0.05) is 0 Å². The molecule has 5 nitrogen and oxygen atoms in total. The molecule has 0 aromatic heterocycles. The average Bonchev–Trinajstić information content (AvgIpc) is 2.33. The summed E-state index contributed by atoms with van der Waals surface area (Å²) in [4.78, 5) is 14.5. The van der Waals surface area contributed by atoms with Gasteiger partial charge < -0.3 is 14.4 Å². The Labute approximate surface area is 110 Å². The van der Waals surface area contributed by atoms with Crippen molar-refractivity contribution >= 4 is 5.91 Å². The highest BCUT2D eigenvalue weighted by molar-refractivity contribution is 5.77. The average molecular weight is 284 g/mol. The van der Waals surface area contributed by atoms with Crippen LogP contribution in [0.3, 0.4) is 0 Å². The van der Waals surface area contributed by atoms with Crippen LogP contribution in [-0.4, -0.2) is 81.5 Å². The van der Waals surface area contributed by atoms with Crippen molar-refractivity contribution in [3.8, 4) is 0 Å². The summed E-state index contributed by atoms with van der Waals surface area (Å²) < 4.78 is 46.4. The quantitative estimate of drug-likeness (QED) is 0.660. The summed E-state index contributed by atoms with van der Waals surface area (Å²) in [5.41, 5.74) is 0. The van der Waals surface area contributed by atoms with Crippen LogP contribution in [0.5, 0.6) is 0 Å². The first-order chi connectivity index (χ1) is 8.92. The molecule has 0 aromatic carbocycles. The van der Waals surface area contributed by atoms with Gasteiger partial charge in [0.15, 0.2) is 0 Å². The van der Waals surface area contributed by atoms with Crippen molar-refractivity contribution in [1.82, 2.24) is 9.80 Å². The number of nitrogens with zero attached hydrogens (tertiary/aromatic N) is 2. The number of piperazine rings is 1. The van der Waals surface area contributed by atoms with Gasteiger partial charge in [0.1, 0.15) is 6.61 Å². The molecule has 1 amide bonds. The van der Waals surface area contributed by atoms with Crippen LogP contribution in [-0.2, 0) is 14.3 Å². The molecular formula is C11H19F3N2O3. The lowest BCUT2D eigenvalue weighted by atomic mass is 10.3. The van der Waals surface area contributed by atoms with Crippen LogP contribution in [0.4, 0.5) is 13.2 Å². The van der Waals surface area contributed by atoms with Gasteiger partial charge in [-0.05, 0) is 0 Å². The van der Waals surface area contributed by atoms with Crippen molar-refractivity contribution in [1.29, 1.82) is 0 Å². The van der Waals surface area contributed by atoms with E-state index in [0.29, 0.717) is 26.3 Å². The van der Waals surface area contributed by atoms with E-state index in [9.17, 15) is 18.0 Å². The maximum Gasteiger partial charge on any atom is 0.401 e. The molecule has 1 aliphatic heterocycles. The Balaban J connectivity index is 2.20. The Hall–Kier alpha value is -0.860. The number of rotatable bonds is 6. The first-order valence-corrected chi connectivity index (χ1v) is 6.06. The molecule has 0 aliphatic carbocycles. The summed E-state index contributed by atoms with van der Waals surface area (Å²) in [7, 11) is 1.53. The highest BCUT2D eigenvalue weighted by atomic mass is 19.4. The maximum atomic E-state index is 12.2. The number of halogens is 3. The molecule has 0 bridgehead atoms. The molecule has 112 valence electrons. The Morgan fingerprint density at radius 2 is 1.79 bits per heavy atom. The molecule has 0 N–H and O–H groups in total. The Morgan fingerprint density at radius 1 is 1.16 bits per heavy atom. The summed E-state index contributed by atoms with van der Waals surface area (Å²) >= 11 is 0. The van der Waals surface area contributed by atoms with Crippen LogP contribution in [0.15, 0.2) is 0 Å². The van der Waals surface area contributed by atoms with Gasteiger partial charge in [0.2, 0.25) is 5.91 Å². The summed E-state index contributed by atoms with van der Waals surface area (Å²) in [5, 5.41) is 0. The smallest absolute Gasteiger partial charge is 0.382 e. The minimum atomic E-state index is -4.19. The molecule has 0 spiro atoms. The number of amides is 1. The first-order valence-electron chi connectivity index (χ1n) is 6.06. The van der Waals surface area contributed by atoms with E-state index >= 15 is 0 Å². The van der Waals surface area contributed by atoms with Crippen molar-refractivity contribution in [2.45, 2.75) is 6.18 Å². The summed E-state index contributed by atoms with van der Waals surface area (Å²) in [6, 6.07) is 0. The number of carbonyl (C=O) groups is 1. The number of methoxy groups -OCH3 is 1. The van der Waals surface area contributed by atoms with Crippen LogP contribution in [0.25, 0.3) is 0 Å². The molecule has 1 aliphatic rings. The van der Waals surface area contributed by atoms with E-state index in [4.69, 9.17) is 9.47 Å². The van der Waals surface area contributed by atoms with E-state index in [1.807, 2.05) is 0 Å². The minimum absolute atomic E-state index is 0.0529. The fraction of sp³-hybridized carbons (Fsp3) is 0.909. The van der Waals surface area contributed by atoms with E-state index in [1.54, 1.807) is 0 Å². The third-order valence-electron chi connectivity index (χ3n) is 2.79. The van der Waals surface area contributed by atoms with Crippen molar-refractivity contribution in [2.24, 2.45) is 0 Å². The molecule has 1 heterocycles. The highest BCUT2D eigenvalue weighted by Crippen LogP contribution is 2.17. The van der Waals surface area contributed by atoms with Gasteiger partial charge in [0, 0.05) is 33.3 Å². The lowest BCUT2D eigenvalue weighted by Gasteiger charge is -2.34. The van der Waals surface area contributed by atoms with Gasteiger partial charge in [0.05, 0.1) is 19.8 Å². The summed E-state index contributed by atoms with van der Waals surface area (Å²) in [5.74, 6) is -0.192. The monoisotopic (exact) mass is 284 g/mol. The second-order valence-corrected chi connectivity index (χ2v) is 4.32. The van der Waals surface area contributed by atoms with Crippen molar-refractivity contribution in [3.05, 3.63) is 0 Å². The van der Waals surface area contributed by atoms with Gasteiger partial charge in [-0.25, -0.2) is 0 Å². The van der Waals surface area contributed by atoms with Crippen LogP contribution < -0.4 is 0 Å². The third kappa shape index (κ3) is 6.74. The SMILES string of the molecule is COCCOCC(=O)N1CCN(CC(F)(F)F)CC1. The van der Waals surface area contributed by atoms with Crippen LogP contribution >= 0.6 is 0 Å². The molecule has 8 heteroatoms. The van der Waals surface area contributed by atoms with Gasteiger partial charge in [0.25, 0.3) is 0 Å². The van der Waals surface area contributed by atoms with Crippen molar-refractivity contribution in [2.75, 3.05) is 59.7 Å². The van der Waals surface area contributed by atoms with Gasteiger partial charge in [-0.15, -0.1) is 0 Å². The fourth-order valence-corrected chi connectivity index (χ4v) is 1.80. The van der Waals surface area contributed by atoms with E-state index in [0.717, 1.165) is 0 Å². The zero-order chi connectivity index (χ0) is 14.3. The van der Waals surface area contributed by atoms with Crippen molar-refractivity contribution < 1.29 is 27.4 Å². The Kier molecular flexibility index (Phi) is 6.53. The molecule has 1 rings (SSSR count). The van der Waals surface area contributed by atoms with Gasteiger partial charge in [-0.2, -0.15) is 13.2 Å². The molecule has 0 unspecified atom stereocenters. The van der Waals surface area contributed by atoms with Gasteiger partial charge in [-0.3, -0.25) is 9.69 Å². The van der Waals surface area contributed by atoms with Crippen LogP contribution in [0.1, 0.15) is 0 Å². The van der Waals surface area contributed by atoms with E-state index in [1.165, 1.54) is 16.9 Å². The molecule has 1 fully saturated rings. The first kappa shape index (κ1) is 16.2. The van der Waals surface area contributed by atoms with Crippen LogP contribution in [0.2, 0.25) is 0 Å². The Morgan fingerprint density at radius 3 is 2.32 bits per heavy atom. The van der Waals surface area contributed by atoms with E-state index < -0.39 is 12.7 Å². The molecule has 0 radical (unpaired) electrons.